The summed E-state index contributed by atoms with van der Waals surface area (Å²) < 4.78 is 22.3. The Morgan fingerprint density at radius 1 is 1.42 bits per heavy atom. The van der Waals surface area contributed by atoms with Crippen LogP contribution in [0.25, 0.3) is 0 Å². The van der Waals surface area contributed by atoms with Crippen LogP contribution in [0.4, 0.5) is 0 Å². The lowest BCUT2D eigenvalue weighted by Gasteiger charge is -2.14. The number of hydrogen-bond acceptors (Lipinski definition) is 3. The molecule has 0 aromatic carbocycles. The number of rotatable bonds is 1. The summed E-state index contributed by atoms with van der Waals surface area (Å²) in [6.45, 7) is 3.94. The van der Waals surface area contributed by atoms with Crippen molar-refractivity contribution in [2.45, 2.75) is 13.8 Å². The van der Waals surface area contributed by atoms with Gasteiger partial charge in [0.15, 0.2) is 9.84 Å². The lowest BCUT2D eigenvalue weighted by atomic mass is 9.87. The first-order valence-electron chi connectivity index (χ1n) is 4.06. The number of hydrogen-bond donors (Lipinski definition) is 0. The normalized spacial score (nSPS) is 33.5. The lowest BCUT2D eigenvalue weighted by molar-refractivity contribution is 0.372. The van der Waals surface area contributed by atoms with Crippen molar-refractivity contribution in [2.24, 2.45) is 17.8 Å². The van der Waals surface area contributed by atoms with Crippen molar-refractivity contribution in [1.82, 2.24) is 0 Å². The van der Waals surface area contributed by atoms with Crippen LogP contribution in [0.5, 0.6) is 0 Å². The predicted molar refractivity (Wildman–Crippen MR) is 46.1 cm³/mol. The molecule has 1 heterocycles. The van der Waals surface area contributed by atoms with Crippen LogP contribution < -0.4 is 0 Å². The Balaban J connectivity index is 2.86. The van der Waals surface area contributed by atoms with Crippen molar-refractivity contribution in [3.8, 4) is 6.07 Å². The summed E-state index contributed by atoms with van der Waals surface area (Å²) >= 11 is 0. The maximum atomic E-state index is 11.2. The molecular formula is C8H13NO2S. The molecule has 0 aliphatic carbocycles. The summed E-state index contributed by atoms with van der Waals surface area (Å²) in [6, 6.07) is 2.07. The molecule has 0 bridgehead atoms. The summed E-state index contributed by atoms with van der Waals surface area (Å²) in [7, 11) is -2.92. The summed E-state index contributed by atoms with van der Waals surface area (Å²) in [4.78, 5) is 0. The van der Waals surface area contributed by atoms with Crippen LogP contribution in [0, 0.1) is 29.1 Å². The van der Waals surface area contributed by atoms with E-state index in [1.54, 1.807) is 0 Å². The molecule has 1 fully saturated rings. The van der Waals surface area contributed by atoms with Gasteiger partial charge in [0.2, 0.25) is 0 Å². The van der Waals surface area contributed by atoms with E-state index in [-0.39, 0.29) is 29.3 Å². The maximum absolute atomic E-state index is 11.2. The Hall–Kier alpha value is -0.560. The van der Waals surface area contributed by atoms with Gasteiger partial charge < -0.3 is 0 Å². The predicted octanol–water partition coefficient (Wildman–Crippen LogP) is 0.827. The Morgan fingerprint density at radius 2 is 2.00 bits per heavy atom. The van der Waals surface area contributed by atoms with Gasteiger partial charge in [-0.15, -0.1) is 0 Å². The third-order valence-corrected chi connectivity index (χ3v) is 4.18. The van der Waals surface area contributed by atoms with Gasteiger partial charge in [0.1, 0.15) is 0 Å². The molecule has 1 saturated heterocycles. The molecule has 2 unspecified atom stereocenters. The summed E-state index contributed by atoms with van der Waals surface area (Å²) in [5, 5.41) is 8.70. The van der Waals surface area contributed by atoms with Gasteiger partial charge >= 0.3 is 0 Å². The summed E-state index contributed by atoms with van der Waals surface area (Å²) in [6.07, 6.45) is 0. The van der Waals surface area contributed by atoms with Gasteiger partial charge in [-0.2, -0.15) is 5.26 Å². The molecule has 68 valence electrons. The SMILES string of the molecule is CC(C)C1CS(=O)(=O)CC1C#N. The van der Waals surface area contributed by atoms with E-state index in [0.29, 0.717) is 0 Å². The molecule has 12 heavy (non-hydrogen) atoms. The van der Waals surface area contributed by atoms with E-state index in [4.69, 9.17) is 5.26 Å². The van der Waals surface area contributed by atoms with E-state index in [9.17, 15) is 8.42 Å². The van der Waals surface area contributed by atoms with Crippen molar-refractivity contribution in [3.05, 3.63) is 0 Å². The first-order valence-corrected chi connectivity index (χ1v) is 5.88. The van der Waals surface area contributed by atoms with E-state index < -0.39 is 9.84 Å². The average Bonchev–Trinajstić information content (AvgIpc) is 2.25. The zero-order chi connectivity index (χ0) is 9.35. The summed E-state index contributed by atoms with van der Waals surface area (Å²) in [5.41, 5.74) is 0. The largest absolute Gasteiger partial charge is 0.229 e. The second-order valence-electron chi connectivity index (χ2n) is 3.72. The van der Waals surface area contributed by atoms with Crippen molar-refractivity contribution in [2.75, 3.05) is 11.5 Å². The fourth-order valence-corrected chi connectivity index (χ4v) is 3.87. The Labute approximate surface area is 73.3 Å². The average molecular weight is 187 g/mol. The quantitative estimate of drug-likeness (QED) is 0.611. The minimum absolute atomic E-state index is 0.0417. The number of sulfone groups is 1. The molecular weight excluding hydrogens is 174 g/mol. The summed E-state index contributed by atoms with van der Waals surface area (Å²) in [5.74, 6) is 0.303. The zero-order valence-corrected chi connectivity index (χ0v) is 8.13. The molecule has 0 saturated carbocycles. The molecule has 1 aliphatic heterocycles. The maximum Gasteiger partial charge on any atom is 0.151 e. The molecule has 1 aliphatic rings. The van der Waals surface area contributed by atoms with Crippen LogP contribution in [-0.4, -0.2) is 19.9 Å². The molecule has 0 aromatic rings. The minimum Gasteiger partial charge on any atom is -0.229 e. The van der Waals surface area contributed by atoms with Crippen molar-refractivity contribution >= 4 is 9.84 Å². The third-order valence-electron chi connectivity index (χ3n) is 2.42. The van der Waals surface area contributed by atoms with E-state index in [1.165, 1.54) is 0 Å². The van der Waals surface area contributed by atoms with E-state index in [0.717, 1.165) is 0 Å². The highest BCUT2D eigenvalue weighted by molar-refractivity contribution is 7.91. The van der Waals surface area contributed by atoms with Crippen molar-refractivity contribution in [1.29, 1.82) is 5.26 Å². The van der Waals surface area contributed by atoms with Gasteiger partial charge in [-0.25, -0.2) is 8.42 Å². The second-order valence-corrected chi connectivity index (χ2v) is 5.87. The Kier molecular flexibility index (Phi) is 2.43. The second kappa shape index (κ2) is 3.06. The smallest absolute Gasteiger partial charge is 0.151 e. The van der Waals surface area contributed by atoms with Crippen molar-refractivity contribution in [3.63, 3.8) is 0 Å². The van der Waals surface area contributed by atoms with Crippen LogP contribution >= 0.6 is 0 Å². The molecule has 4 heteroatoms. The number of nitriles is 1. The molecule has 2 atom stereocenters. The molecule has 1 rings (SSSR count). The van der Waals surface area contributed by atoms with E-state index in [2.05, 4.69) is 6.07 Å². The van der Waals surface area contributed by atoms with Crippen LogP contribution in [0.15, 0.2) is 0 Å². The van der Waals surface area contributed by atoms with Gasteiger partial charge in [-0.1, -0.05) is 13.8 Å². The highest BCUT2D eigenvalue weighted by Gasteiger charge is 2.39. The van der Waals surface area contributed by atoms with E-state index >= 15 is 0 Å². The van der Waals surface area contributed by atoms with Gasteiger partial charge in [0, 0.05) is 0 Å². The standard InChI is InChI=1S/C8H13NO2S/c1-6(2)8-5-12(10,11)4-7(8)3-9/h6-8H,4-5H2,1-2H3. The Bertz CT molecular complexity index is 300. The first kappa shape index (κ1) is 9.53. The molecule has 0 N–H and O–H groups in total. The van der Waals surface area contributed by atoms with Gasteiger partial charge in [0.05, 0.1) is 23.5 Å². The monoisotopic (exact) mass is 187 g/mol. The fourth-order valence-electron chi connectivity index (χ4n) is 1.66. The zero-order valence-electron chi connectivity index (χ0n) is 7.32. The highest BCUT2D eigenvalue weighted by Crippen LogP contribution is 2.30. The minimum atomic E-state index is -2.92. The van der Waals surface area contributed by atoms with Crippen LogP contribution in [0.1, 0.15) is 13.8 Å². The van der Waals surface area contributed by atoms with Gasteiger partial charge in [-0.05, 0) is 11.8 Å². The molecule has 0 spiro atoms. The Morgan fingerprint density at radius 3 is 2.33 bits per heavy atom. The number of nitrogens with zero attached hydrogens (tertiary/aromatic N) is 1. The molecule has 0 radical (unpaired) electrons. The van der Waals surface area contributed by atoms with E-state index in [1.807, 2.05) is 13.8 Å². The lowest BCUT2D eigenvalue weighted by Crippen LogP contribution is -2.16. The van der Waals surface area contributed by atoms with Crippen LogP contribution in [0.2, 0.25) is 0 Å². The van der Waals surface area contributed by atoms with Crippen LogP contribution in [0.3, 0.4) is 0 Å². The highest BCUT2D eigenvalue weighted by atomic mass is 32.2. The van der Waals surface area contributed by atoms with Crippen LogP contribution in [-0.2, 0) is 9.84 Å². The van der Waals surface area contributed by atoms with Crippen molar-refractivity contribution < 1.29 is 8.42 Å². The molecule has 0 aromatic heterocycles. The fraction of sp³-hybridized carbons (Fsp3) is 0.875. The first-order chi connectivity index (χ1) is 5.46. The molecule has 3 nitrogen and oxygen atoms in total. The third kappa shape index (κ3) is 1.78. The molecule has 0 amide bonds. The topological polar surface area (TPSA) is 57.9 Å². The van der Waals surface area contributed by atoms with Gasteiger partial charge in [0.25, 0.3) is 0 Å². The van der Waals surface area contributed by atoms with Gasteiger partial charge in [-0.3, -0.25) is 0 Å².